The molecule has 0 heterocycles. The molecule has 3 nitrogen and oxygen atoms in total. The maximum atomic E-state index is 12.7. The molecular weight excluding hydrogens is 228 g/mol. The lowest BCUT2D eigenvalue weighted by Gasteiger charge is -2.17. The molecule has 0 amide bonds. The summed E-state index contributed by atoms with van der Waals surface area (Å²) in [4.78, 5) is 0. The van der Waals surface area contributed by atoms with Gasteiger partial charge < -0.3 is 15.9 Å². The smallest absolute Gasteiger partial charge is 0.267 e. The first-order chi connectivity index (χ1) is 7.88. The molecule has 0 aliphatic rings. The first kappa shape index (κ1) is 13.9. The number of halogens is 2. The van der Waals surface area contributed by atoms with Gasteiger partial charge in [-0.15, -0.1) is 0 Å². The Balaban J connectivity index is 3.37. The van der Waals surface area contributed by atoms with Crippen molar-refractivity contribution in [2.45, 2.75) is 32.3 Å². The van der Waals surface area contributed by atoms with Crippen LogP contribution in [0.2, 0.25) is 0 Å². The van der Waals surface area contributed by atoms with Gasteiger partial charge in [0.1, 0.15) is 5.75 Å². The Morgan fingerprint density at radius 1 is 1.24 bits per heavy atom. The molecule has 0 aliphatic carbocycles. The minimum atomic E-state index is -2.78. The highest BCUT2D eigenvalue weighted by Gasteiger charge is 2.21. The van der Waals surface area contributed by atoms with Crippen LogP contribution in [-0.2, 0) is 0 Å². The lowest BCUT2D eigenvalue weighted by Crippen LogP contribution is -2.13. The SMILES string of the molecule is CC(C)c1cc(C(F)F)c(O)c(C(O)CN)c1. The predicted octanol–water partition coefficient (Wildman–Crippen LogP) is 2.45. The molecule has 0 radical (unpaired) electrons. The molecule has 0 saturated carbocycles. The van der Waals surface area contributed by atoms with Crippen LogP contribution in [0, 0.1) is 0 Å². The third-order valence-electron chi connectivity index (χ3n) is 2.68. The van der Waals surface area contributed by atoms with Crippen LogP contribution in [0.3, 0.4) is 0 Å². The first-order valence-corrected chi connectivity index (χ1v) is 5.41. The number of alkyl halides is 2. The van der Waals surface area contributed by atoms with Crippen LogP contribution in [-0.4, -0.2) is 16.8 Å². The monoisotopic (exact) mass is 245 g/mol. The van der Waals surface area contributed by atoms with Gasteiger partial charge in [-0.3, -0.25) is 0 Å². The number of phenolic OH excluding ortho intramolecular Hbond substituents is 1. The number of hydrogen-bond acceptors (Lipinski definition) is 3. The molecule has 0 aromatic heterocycles. The zero-order valence-electron chi connectivity index (χ0n) is 9.82. The fraction of sp³-hybridized carbons (Fsp3) is 0.500. The topological polar surface area (TPSA) is 66.5 Å². The van der Waals surface area contributed by atoms with E-state index in [9.17, 15) is 19.0 Å². The lowest BCUT2D eigenvalue weighted by molar-refractivity contribution is 0.144. The van der Waals surface area contributed by atoms with Gasteiger partial charge in [-0.25, -0.2) is 8.78 Å². The Morgan fingerprint density at radius 3 is 2.18 bits per heavy atom. The van der Waals surface area contributed by atoms with Gasteiger partial charge in [-0.1, -0.05) is 13.8 Å². The van der Waals surface area contributed by atoms with E-state index in [2.05, 4.69) is 0 Å². The van der Waals surface area contributed by atoms with Gasteiger partial charge in [0.25, 0.3) is 6.43 Å². The van der Waals surface area contributed by atoms with Crippen molar-refractivity contribution in [1.82, 2.24) is 0 Å². The minimum absolute atomic E-state index is 0.0248. The molecular formula is C12H17F2NO2. The summed E-state index contributed by atoms with van der Waals surface area (Å²) in [5, 5.41) is 19.3. The summed E-state index contributed by atoms with van der Waals surface area (Å²) >= 11 is 0. The van der Waals surface area contributed by atoms with Crippen molar-refractivity contribution in [1.29, 1.82) is 0 Å². The standard InChI is InChI=1S/C12H17F2NO2/c1-6(2)7-3-8(10(16)5-15)11(17)9(4-7)12(13)14/h3-4,6,10,12,16-17H,5,15H2,1-2H3. The van der Waals surface area contributed by atoms with Crippen LogP contribution < -0.4 is 5.73 Å². The third-order valence-corrected chi connectivity index (χ3v) is 2.68. The van der Waals surface area contributed by atoms with Crippen LogP contribution in [0.15, 0.2) is 12.1 Å². The molecule has 1 rings (SSSR count). The molecule has 0 aliphatic heterocycles. The Morgan fingerprint density at radius 2 is 1.76 bits per heavy atom. The fourth-order valence-electron chi connectivity index (χ4n) is 1.58. The molecule has 0 fully saturated rings. The van der Waals surface area contributed by atoms with Gasteiger partial charge >= 0.3 is 0 Å². The number of benzene rings is 1. The summed E-state index contributed by atoms with van der Waals surface area (Å²) in [5.41, 5.74) is 5.52. The predicted molar refractivity (Wildman–Crippen MR) is 61.2 cm³/mol. The summed E-state index contributed by atoms with van der Waals surface area (Å²) in [6.45, 7) is 3.57. The van der Waals surface area contributed by atoms with E-state index in [-0.39, 0.29) is 18.0 Å². The van der Waals surface area contributed by atoms with Crippen molar-refractivity contribution in [3.8, 4) is 5.75 Å². The number of aliphatic hydroxyl groups is 1. The van der Waals surface area contributed by atoms with Crippen LogP contribution in [0.5, 0.6) is 5.75 Å². The Hall–Kier alpha value is -1.20. The van der Waals surface area contributed by atoms with Crippen LogP contribution in [0.25, 0.3) is 0 Å². The zero-order valence-corrected chi connectivity index (χ0v) is 9.82. The van der Waals surface area contributed by atoms with Crippen molar-refractivity contribution in [3.05, 3.63) is 28.8 Å². The summed E-state index contributed by atoms with van der Waals surface area (Å²) in [5.74, 6) is -0.542. The van der Waals surface area contributed by atoms with Gasteiger partial charge in [0.15, 0.2) is 0 Å². The number of nitrogens with two attached hydrogens (primary N) is 1. The highest BCUT2D eigenvalue weighted by Crippen LogP contribution is 2.37. The van der Waals surface area contributed by atoms with Crippen LogP contribution in [0.4, 0.5) is 8.78 Å². The molecule has 1 atom stereocenters. The number of aromatic hydroxyl groups is 1. The van der Waals surface area contributed by atoms with Crippen molar-refractivity contribution < 1.29 is 19.0 Å². The zero-order chi connectivity index (χ0) is 13.2. The Labute approximate surface area is 98.9 Å². The quantitative estimate of drug-likeness (QED) is 0.763. The normalized spacial score (nSPS) is 13.4. The molecule has 5 heteroatoms. The van der Waals surface area contributed by atoms with Crippen LogP contribution >= 0.6 is 0 Å². The third kappa shape index (κ3) is 2.92. The summed E-state index contributed by atoms with van der Waals surface area (Å²) < 4.78 is 25.5. The molecule has 0 bridgehead atoms. The lowest BCUT2D eigenvalue weighted by atomic mass is 9.94. The largest absolute Gasteiger partial charge is 0.507 e. The molecule has 4 N–H and O–H groups in total. The maximum absolute atomic E-state index is 12.7. The second-order valence-corrected chi connectivity index (χ2v) is 4.25. The Kier molecular flexibility index (Phi) is 4.42. The van der Waals surface area contributed by atoms with Crippen molar-refractivity contribution in [2.75, 3.05) is 6.54 Å². The molecule has 0 spiro atoms. The van der Waals surface area contributed by atoms with Gasteiger partial charge in [0.05, 0.1) is 11.7 Å². The van der Waals surface area contributed by atoms with Crippen molar-refractivity contribution in [2.24, 2.45) is 5.73 Å². The molecule has 17 heavy (non-hydrogen) atoms. The molecule has 1 aromatic carbocycles. The van der Waals surface area contributed by atoms with Gasteiger partial charge in [0.2, 0.25) is 0 Å². The van der Waals surface area contributed by atoms with Gasteiger partial charge in [0, 0.05) is 12.1 Å². The number of rotatable bonds is 4. The molecule has 1 unspecified atom stereocenters. The molecule has 0 saturated heterocycles. The molecule has 96 valence electrons. The van der Waals surface area contributed by atoms with E-state index in [1.165, 1.54) is 12.1 Å². The van der Waals surface area contributed by atoms with Crippen molar-refractivity contribution in [3.63, 3.8) is 0 Å². The van der Waals surface area contributed by atoms with E-state index in [0.717, 1.165) is 0 Å². The van der Waals surface area contributed by atoms with Gasteiger partial charge in [-0.05, 0) is 23.6 Å². The Bertz CT molecular complexity index is 394. The van der Waals surface area contributed by atoms with Crippen LogP contribution in [0.1, 0.15) is 49.0 Å². The van der Waals surface area contributed by atoms with E-state index in [4.69, 9.17) is 5.73 Å². The average Bonchev–Trinajstić information content (AvgIpc) is 2.27. The highest BCUT2D eigenvalue weighted by molar-refractivity contribution is 5.46. The van der Waals surface area contributed by atoms with E-state index in [1.54, 1.807) is 0 Å². The van der Waals surface area contributed by atoms with E-state index >= 15 is 0 Å². The summed E-state index contributed by atoms with van der Waals surface area (Å²) in [7, 11) is 0. The van der Waals surface area contributed by atoms with E-state index in [1.807, 2.05) is 13.8 Å². The summed E-state index contributed by atoms with van der Waals surface area (Å²) in [6, 6.07) is 2.78. The average molecular weight is 245 g/mol. The minimum Gasteiger partial charge on any atom is -0.507 e. The highest BCUT2D eigenvalue weighted by atomic mass is 19.3. The molecule has 1 aromatic rings. The van der Waals surface area contributed by atoms with Crippen molar-refractivity contribution >= 4 is 0 Å². The second kappa shape index (κ2) is 5.42. The fourth-order valence-corrected chi connectivity index (χ4v) is 1.58. The van der Waals surface area contributed by atoms with Gasteiger partial charge in [-0.2, -0.15) is 0 Å². The second-order valence-electron chi connectivity index (χ2n) is 4.25. The van der Waals surface area contributed by atoms with E-state index < -0.39 is 23.8 Å². The number of aliphatic hydroxyl groups excluding tert-OH is 1. The maximum Gasteiger partial charge on any atom is 0.267 e. The number of phenols is 1. The van der Waals surface area contributed by atoms with E-state index in [0.29, 0.717) is 5.56 Å². The first-order valence-electron chi connectivity index (χ1n) is 5.41. The summed E-state index contributed by atoms with van der Waals surface area (Å²) in [6.07, 6.45) is -3.91. The number of hydrogen-bond donors (Lipinski definition) is 3.